The summed E-state index contributed by atoms with van der Waals surface area (Å²) in [5.74, 6) is 0.571. The second-order valence-electron chi connectivity index (χ2n) is 3.72. The van der Waals surface area contributed by atoms with Crippen molar-refractivity contribution in [2.75, 3.05) is 0 Å². The maximum Gasteiger partial charge on any atom is 0.0210 e. The van der Waals surface area contributed by atoms with E-state index in [-0.39, 0.29) is 0 Å². The summed E-state index contributed by atoms with van der Waals surface area (Å²) in [6, 6.07) is 6.57. The molecule has 0 nitrogen and oxygen atoms in total. The van der Waals surface area contributed by atoms with Gasteiger partial charge in [-0.1, -0.05) is 55.8 Å². The van der Waals surface area contributed by atoms with Crippen LogP contribution in [0.1, 0.15) is 17.9 Å². The van der Waals surface area contributed by atoms with E-state index >= 15 is 0 Å². The molecular weight excluding hydrogens is 336 g/mol. The molecular formula is C12H8Br2S. The van der Waals surface area contributed by atoms with Gasteiger partial charge < -0.3 is 0 Å². The van der Waals surface area contributed by atoms with E-state index in [2.05, 4.69) is 62.2 Å². The molecule has 1 aromatic carbocycles. The Morgan fingerprint density at radius 2 is 2.07 bits per heavy atom. The molecule has 0 radical (unpaired) electrons. The van der Waals surface area contributed by atoms with E-state index in [4.69, 9.17) is 0 Å². The molecule has 76 valence electrons. The molecule has 3 heteroatoms. The third kappa shape index (κ3) is 1.75. The van der Waals surface area contributed by atoms with Gasteiger partial charge in [-0.05, 0) is 39.6 Å². The second kappa shape index (κ2) is 3.79. The first-order valence-corrected chi connectivity index (χ1v) is 7.18. The standard InChI is InChI=1S/C12H8Br2S/c13-7-1-3-11-9(5-7)10-6-8(14)2-4-12(10)15-11/h1-5,10H,6H2. The van der Waals surface area contributed by atoms with Crippen LogP contribution in [0.25, 0.3) is 0 Å². The van der Waals surface area contributed by atoms with Crippen molar-refractivity contribution in [1.29, 1.82) is 0 Å². The lowest BCUT2D eigenvalue weighted by atomic mass is 9.93. The molecule has 0 saturated carbocycles. The van der Waals surface area contributed by atoms with Crippen molar-refractivity contribution in [1.82, 2.24) is 0 Å². The van der Waals surface area contributed by atoms with Crippen LogP contribution in [-0.4, -0.2) is 0 Å². The van der Waals surface area contributed by atoms with E-state index < -0.39 is 0 Å². The van der Waals surface area contributed by atoms with Crippen LogP contribution in [-0.2, 0) is 0 Å². The van der Waals surface area contributed by atoms with Gasteiger partial charge in [0.2, 0.25) is 0 Å². The van der Waals surface area contributed by atoms with Gasteiger partial charge in [-0.3, -0.25) is 0 Å². The van der Waals surface area contributed by atoms with Crippen molar-refractivity contribution in [2.24, 2.45) is 0 Å². The van der Waals surface area contributed by atoms with E-state index in [1.165, 1.54) is 24.3 Å². The highest BCUT2D eigenvalue weighted by Crippen LogP contribution is 2.53. The van der Waals surface area contributed by atoms with Crippen LogP contribution in [0, 0.1) is 0 Å². The first-order valence-electron chi connectivity index (χ1n) is 4.77. The van der Waals surface area contributed by atoms with Gasteiger partial charge in [0.05, 0.1) is 0 Å². The largest absolute Gasteiger partial charge is 0.0936 e. The molecule has 0 aromatic heterocycles. The van der Waals surface area contributed by atoms with Crippen molar-refractivity contribution in [3.63, 3.8) is 0 Å². The second-order valence-corrected chi connectivity index (χ2v) is 6.77. The molecule has 1 unspecified atom stereocenters. The van der Waals surface area contributed by atoms with E-state index in [1.54, 1.807) is 0 Å². The van der Waals surface area contributed by atoms with Gasteiger partial charge in [0.1, 0.15) is 0 Å². The fourth-order valence-corrected chi connectivity index (χ4v) is 4.06. The highest BCUT2D eigenvalue weighted by molar-refractivity contribution is 9.11. The van der Waals surface area contributed by atoms with Crippen LogP contribution >= 0.6 is 43.6 Å². The Balaban J connectivity index is 2.10. The highest BCUT2D eigenvalue weighted by atomic mass is 79.9. The average Bonchev–Trinajstić information content (AvgIpc) is 2.56. The Kier molecular flexibility index (Phi) is 2.57. The first-order chi connectivity index (χ1) is 7.24. The predicted molar refractivity (Wildman–Crippen MR) is 72.5 cm³/mol. The van der Waals surface area contributed by atoms with Crippen LogP contribution in [0.15, 0.2) is 49.1 Å². The van der Waals surface area contributed by atoms with Crippen LogP contribution in [0.4, 0.5) is 0 Å². The number of hydrogen-bond donors (Lipinski definition) is 0. The molecule has 0 fully saturated rings. The van der Waals surface area contributed by atoms with Crippen molar-refractivity contribution in [3.05, 3.63) is 49.8 Å². The Morgan fingerprint density at radius 1 is 1.20 bits per heavy atom. The lowest BCUT2D eigenvalue weighted by Gasteiger charge is -2.15. The van der Waals surface area contributed by atoms with Gasteiger partial charge in [-0.15, -0.1) is 0 Å². The summed E-state index contributed by atoms with van der Waals surface area (Å²) >= 11 is 9.04. The predicted octanol–water partition coefficient (Wildman–Crippen LogP) is 5.20. The Hall–Kier alpha value is 0.01000. The molecule has 1 aliphatic carbocycles. The van der Waals surface area contributed by atoms with Crippen LogP contribution in [0.5, 0.6) is 0 Å². The molecule has 3 rings (SSSR count). The number of benzene rings is 1. The van der Waals surface area contributed by atoms with E-state index in [1.807, 2.05) is 11.8 Å². The summed E-state index contributed by atoms with van der Waals surface area (Å²) in [7, 11) is 0. The molecule has 1 aromatic rings. The SMILES string of the molecule is BrC1=CC=C2Sc3ccc(Br)cc3C2C1. The highest BCUT2D eigenvalue weighted by Gasteiger charge is 2.29. The molecule has 1 atom stereocenters. The number of thioether (sulfide) groups is 1. The third-order valence-corrected chi connectivity index (χ3v) is 5.08. The molecule has 0 N–H and O–H groups in total. The summed E-state index contributed by atoms with van der Waals surface area (Å²) in [6.07, 6.45) is 5.50. The summed E-state index contributed by atoms with van der Waals surface area (Å²) in [5.41, 5.74) is 1.46. The quantitative estimate of drug-likeness (QED) is 0.623. The van der Waals surface area contributed by atoms with Crippen molar-refractivity contribution in [3.8, 4) is 0 Å². The van der Waals surface area contributed by atoms with Gasteiger partial charge in [0, 0.05) is 15.3 Å². The topological polar surface area (TPSA) is 0 Å². The number of halogens is 2. The fraction of sp³-hybridized carbons (Fsp3) is 0.167. The number of hydrogen-bond acceptors (Lipinski definition) is 1. The van der Waals surface area contributed by atoms with Crippen LogP contribution in [0.2, 0.25) is 0 Å². The fourth-order valence-electron chi connectivity index (χ4n) is 2.03. The molecule has 1 heterocycles. The molecule has 0 bridgehead atoms. The van der Waals surface area contributed by atoms with Crippen molar-refractivity contribution >= 4 is 43.6 Å². The van der Waals surface area contributed by atoms with Gasteiger partial charge in [0.15, 0.2) is 0 Å². The Bertz CT molecular complexity index is 488. The lowest BCUT2D eigenvalue weighted by molar-refractivity contribution is 0.830. The van der Waals surface area contributed by atoms with Gasteiger partial charge in [-0.25, -0.2) is 0 Å². The minimum Gasteiger partial charge on any atom is -0.0936 e. The minimum absolute atomic E-state index is 0.571. The number of allylic oxidation sites excluding steroid dienone is 4. The molecule has 15 heavy (non-hydrogen) atoms. The summed E-state index contributed by atoms with van der Waals surface area (Å²) < 4.78 is 2.47. The van der Waals surface area contributed by atoms with E-state index in [0.29, 0.717) is 5.92 Å². The maximum absolute atomic E-state index is 3.59. The summed E-state index contributed by atoms with van der Waals surface area (Å²) in [4.78, 5) is 2.89. The minimum atomic E-state index is 0.571. The van der Waals surface area contributed by atoms with E-state index in [0.717, 1.165) is 6.42 Å². The Labute approximate surface area is 110 Å². The number of fused-ring (bicyclic) bond motifs is 3. The molecule has 2 aliphatic rings. The summed E-state index contributed by atoms with van der Waals surface area (Å²) in [5, 5.41) is 0. The van der Waals surface area contributed by atoms with Gasteiger partial charge >= 0.3 is 0 Å². The average molecular weight is 344 g/mol. The lowest BCUT2D eigenvalue weighted by Crippen LogP contribution is -1.98. The van der Waals surface area contributed by atoms with Crippen molar-refractivity contribution in [2.45, 2.75) is 17.2 Å². The van der Waals surface area contributed by atoms with Crippen molar-refractivity contribution < 1.29 is 0 Å². The normalized spacial score (nSPS) is 22.9. The molecule has 0 amide bonds. The number of rotatable bonds is 0. The van der Waals surface area contributed by atoms with E-state index in [9.17, 15) is 0 Å². The third-order valence-electron chi connectivity index (χ3n) is 2.75. The molecule has 0 saturated heterocycles. The molecule has 1 aliphatic heterocycles. The maximum atomic E-state index is 3.59. The van der Waals surface area contributed by atoms with Crippen LogP contribution < -0.4 is 0 Å². The summed E-state index contributed by atoms with van der Waals surface area (Å²) in [6.45, 7) is 0. The smallest absolute Gasteiger partial charge is 0.0210 e. The van der Waals surface area contributed by atoms with Crippen LogP contribution in [0.3, 0.4) is 0 Å². The zero-order valence-corrected chi connectivity index (χ0v) is 11.8. The monoisotopic (exact) mass is 342 g/mol. The first kappa shape index (κ1) is 10.2. The zero-order chi connectivity index (χ0) is 10.4. The molecule has 0 spiro atoms. The van der Waals surface area contributed by atoms with Gasteiger partial charge in [-0.2, -0.15) is 0 Å². The van der Waals surface area contributed by atoms with Gasteiger partial charge in [0.25, 0.3) is 0 Å². The zero-order valence-electron chi connectivity index (χ0n) is 7.84. The Morgan fingerprint density at radius 3 is 2.93 bits per heavy atom.